The molecular formula is C16H20ClN3O3. The molecule has 0 aliphatic carbocycles. The lowest BCUT2D eigenvalue weighted by molar-refractivity contribution is 0.0587. The Morgan fingerprint density at radius 3 is 3.00 bits per heavy atom. The molecule has 0 saturated carbocycles. The Hall–Kier alpha value is -1.89. The van der Waals surface area contributed by atoms with Crippen LogP contribution in [0, 0.1) is 6.92 Å². The van der Waals surface area contributed by atoms with Crippen LogP contribution in [0.5, 0.6) is 0 Å². The Bertz CT molecular complexity index is 672. The Labute approximate surface area is 140 Å². The molecule has 1 heterocycles. The summed E-state index contributed by atoms with van der Waals surface area (Å²) in [7, 11) is 1.52. The van der Waals surface area contributed by atoms with Crippen LogP contribution < -0.4 is 5.32 Å². The summed E-state index contributed by atoms with van der Waals surface area (Å²) in [5.41, 5.74) is 2.01. The minimum absolute atomic E-state index is 0.222. The number of carbonyl (C=O) groups is 1. The Balaban J connectivity index is 2.02. The fourth-order valence-electron chi connectivity index (χ4n) is 2.22. The number of aliphatic hydroxyl groups excluding tert-OH is 1. The second-order valence-corrected chi connectivity index (χ2v) is 5.63. The summed E-state index contributed by atoms with van der Waals surface area (Å²) in [6, 6.07) is 7.26. The summed E-state index contributed by atoms with van der Waals surface area (Å²) in [5, 5.41) is 17.2. The molecule has 0 spiro atoms. The lowest BCUT2D eigenvalue weighted by Crippen LogP contribution is -2.28. The van der Waals surface area contributed by atoms with Crippen molar-refractivity contribution in [3.8, 4) is 5.69 Å². The van der Waals surface area contributed by atoms with Crippen molar-refractivity contribution >= 4 is 17.5 Å². The van der Waals surface area contributed by atoms with Crippen molar-refractivity contribution in [2.45, 2.75) is 19.4 Å². The van der Waals surface area contributed by atoms with Crippen LogP contribution in [0.1, 0.15) is 22.5 Å². The van der Waals surface area contributed by atoms with Crippen molar-refractivity contribution in [1.82, 2.24) is 15.1 Å². The van der Waals surface area contributed by atoms with Gasteiger partial charge in [0.15, 0.2) is 0 Å². The summed E-state index contributed by atoms with van der Waals surface area (Å²) in [6.45, 7) is 2.44. The highest BCUT2D eigenvalue weighted by Gasteiger charge is 2.15. The average molecular weight is 338 g/mol. The van der Waals surface area contributed by atoms with Gasteiger partial charge in [-0.1, -0.05) is 17.7 Å². The molecule has 1 amide bonds. The zero-order valence-electron chi connectivity index (χ0n) is 13.1. The molecule has 2 aromatic rings. The van der Waals surface area contributed by atoms with Crippen LogP contribution in [0.15, 0.2) is 30.5 Å². The lowest BCUT2D eigenvalue weighted by atomic mass is 10.2. The monoisotopic (exact) mass is 337 g/mol. The molecule has 0 bridgehead atoms. The van der Waals surface area contributed by atoms with Gasteiger partial charge in [0.2, 0.25) is 0 Å². The van der Waals surface area contributed by atoms with Gasteiger partial charge in [-0.3, -0.25) is 4.79 Å². The molecule has 124 valence electrons. The standard InChI is InChI=1S/C16H20ClN3O3/c1-11-15(16(22)18-7-6-14(21)10-23-2)9-19-20(11)13-5-3-4-12(17)8-13/h3-5,8-9,14,21H,6-7,10H2,1-2H3,(H,18,22). The lowest BCUT2D eigenvalue weighted by Gasteiger charge is -2.10. The number of hydrogen-bond donors (Lipinski definition) is 2. The zero-order valence-corrected chi connectivity index (χ0v) is 13.9. The van der Waals surface area contributed by atoms with E-state index in [0.29, 0.717) is 23.6 Å². The van der Waals surface area contributed by atoms with E-state index >= 15 is 0 Å². The molecule has 0 radical (unpaired) electrons. The van der Waals surface area contributed by atoms with E-state index in [1.165, 1.54) is 13.3 Å². The normalized spacial score (nSPS) is 12.2. The SMILES string of the molecule is COCC(O)CCNC(=O)c1cnn(-c2cccc(Cl)c2)c1C. The van der Waals surface area contributed by atoms with Gasteiger partial charge in [0.05, 0.1) is 35.9 Å². The summed E-state index contributed by atoms with van der Waals surface area (Å²) in [5.74, 6) is -0.222. The fourth-order valence-corrected chi connectivity index (χ4v) is 2.41. The molecule has 0 aliphatic heterocycles. The third kappa shape index (κ3) is 4.54. The van der Waals surface area contributed by atoms with Gasteiger partial charge in [-0.05, 0) is 31.5 Å². The van der Waals surface area contributed by atoms with E-state index < -0.39 is 6.10 Å². The molecule has 1 aromatic carbocycles. The molecule has 2 rings (SSSR count). The van der Waals surface area contributed by atoms with Gasteiger partial charge in [0.1, 0.15) is 0 Å². The molecule has 7 heteroatoms. The van der Waals surface area contributed by atoms with E-state index in [0.717, 1.165) is 11.4 Å². The Kier molecular flexibility index (Phi) is 6.15. The van der Waals surface area contributed by atoms with Crippen LogP contribution in [-0.4, -0.2) is 47.2 Å². The van der Waals surface area contributed by atoms with Crippen LogP contribution in [0.25, 0.3) is 5.69 Å². The Morgan fingerprint density at radius 1 is 1.52 bits per heavy atom. The number of halogens is 1. The van der Waals surface area contributed by atoms with Crippen molar-refractivity contribution in [3.05, 3.63) is 46.7 Å². The smallest absolute Gasteiger partial charge is 0.254 e. The fraction of sp³-hybridized carbons (Fsp3) is 0.375. The number of nitrogens with one attached hydrogen (secondary N) is 1. The zero-order chi connectivity index (χ0) is 16.8. The van der Waals surface area contributed by atoms with E-state index in [9.17, 15) is 9.90 Å². The number of carbonyl (C=O) groups excluding carboxylic acids is 1. The molecule has 0 aliphatic rings. The molecule has 0 fully saturated rings. The number of aliphatic hydroxyl groups is 1. The third-order valence-electron chi connectivity index (χ3n) is 3.43. The Morgan fingerprint density at radius 2 is 2.30 bits per heavy atom. The molecule has 1 aromatic heterocycles. The number of amides is 1. The first kappa shape index (κ1) is 17.5. The van der Waals surface area contributed by atoms with Gasteiger partial charge in [-0.2, -0.15) is 5.10 Å². The van der Waals surface area contributed by atoms with Crippen molar-refractivity contribution in [1.29, 1.82) is 0 Å². The first-order valence-corrected chi connectivity index (χ1v) is 7.66. The summed E-state index contributed by atoms with van der Waals surface area (Å²) in [6.07, 6.45) is 1.37. The minimum Gasteiger partial charge on any atom is -0.391 e. The summed E-state index contributed by atoms with van der Waals surface area (Å²) < 4.78 is 6.51. The predicted octanol–water partition coefficient (Wildman–Crippen LogP) is 1.96. The van der Waals surface area contributed by atoms with Crippen molar-refractivity contribution in [2.75, 3.05) is 20.3 Å². The van der Waals surface area contributed by atoms with E-state index in [1.54, 1.807) is 16.8 Å². The molecule has 23 heavy (non-hydrogen) atoms. The molecular weight excluding hydrogens is 318 g/mol. The summed E-state index contributed by atoms with van der Waals surface area (Å²) in [4.78, 5) is 12.2. The van der Waals surface area contributed by atoms with E-state index in [1.807, 2.05) is 19.1 Å². The van der Waals surface area contributed by atoms with Crippen molar-refractivity contribution in [2.24, 2.45) is 0 Å². The highest BCUT2D eigenvalue weighted by Crippen LogP contribution is 2.17. The number of benzene rings is 1. The topological polar surface area (TPSA) is 76.4 Å². The summed E-state index contributed by atoms with van der Waals surface area (Å²) >= 11 is 5.99. The second-order valence-electron chi connectivity index (χ2n) is 5.19. The van der Waals surface area contributed by atoms with Gasteiger partial charge in [0.25, 0.3) is 5.91 Å². The highest BCUT2D eigenvalue weighted by atomic mass is 35.5. The minimum atomic E-state index is -0.587. The molecule has 1 atom stereocenters. The van der Waals surface area contributed by atoms with Crippen LogP contribution in [0.2, 0.25) is 5.02 Å². The highest BCUT2D eigenvalue weighted by molar-refractivity contribution is 6.30. The van der Waals surface area contributed by atoms with E-state index in [2.05, 4.69) is 10.4 Å². The maximum atomic E-state index is 12.2. The number of ether oxygens (including phenoxy) is 1. The number of nitrogens with zero attached hydrogens (tertiary/aromatic N) is 2. The largest absolute Gasteiger partial charge is 0.391 e. The van der Waals surface area contributed by atoms with E-state index in [4.69, 9.17) is 16.3 Å². The first-order valence-electron chi connectivity index (χ1n) is 7.28. The number of methoxy groups -OCH3 is 1. The quantitative estimate of drug-likeness (QED) is 0.809. The van der Waals surface area contributed by atoms with Gasteiger partial charge in [-0.25, -0.2) is 4.68 Å². The average Bonchev–Trinajstić information content (AvgIpc) is 2.89. The maximum absolute atomic E-state index is 12.2. The van der Waals surface area contributed by atoms with Crippen molar-refractivity contribution < 1.29 is 14.6 Å². The first-order chi connectivity index (χ1) is 11.0. The molecule has 1 unspecified atom stereocenters. The van der Waals surface area contributed by atoms with Crippen LogP contribution in [0.3, 0.4) is 0 Å². The molecule has 2 N–H and O–H groups in total. The van der Waals surface area contributed by atoms with Crippen LogP contribution in [0.4, 0.5) is 0 Å². The van der Waals surface area contributed by atoms with Gasteiger partial charge >= 0.3 is 0 Å². The third-order valence-corrected chi connectivity index (χ3v) is 3.66. The van der Waals surface area contributed by atoms with Gasteiger partial charge in [-0.15, -0.1) is 0 Å². The van der Waals surface area contributed by atoms with Crippen LogP contribution >= 0.6 is 11.6 Å². The van der Waals surface area contributed by atoms with Crippen molar-refractivity contribution in [3.63, 3.8) is 0 Å². The molecule has 0 saturated heterocycles. The molecule has 6 nitrogen and oxygen atoms in total. The van der Waals surface area contributed by atoms with Crippen LogP contribution in [-0.2, 0) is 4.74 Å². The maximum Gasteiger partial charge on any atom is 0.254 e. The second kappa shape index (κ2) is 8.10. The predicted molar refractivity (Wildman–Crippen MR) is 88.1 cm³/mol. The van der Waals surface area contributed by atoms with Gasteiger partial charge in [0, 0.05) is 18.7 Å². The number of hydrogen-bond acceptors (Lipinski definition) is 4. The van der Waals surface area contributed by atoms with E-state index in [-0.39, 0.29) is 12.5 Å². The van der Waals surface area contributed by atoms with Gasteiger partial charge < -0.3 is 15.2 Å². The number of rotatable bonds is 7. The number of aromatic nitrogens is 2.